The van der Waals surface area contributed by atoms with Crippen LogP contribution in [0.2, 0.25) is 0 Å². The van der Waals surface area contributed by atoms with Gasteiger partial charge in [0.2, 0.25) is 0 Å². The van der Waals surface area contributed by atoms with Crippen molar-refractivity contribution in [1.29, 1.82) is 0 Å². The molecule has 1 unspecified atom stereocenters. The molecule has 2 N–H and O–H groups in total. The lowest BCUT2D eigenvalue weighted by molar-refractivity contribution is 0.202. The molecule has 0 spiro atoms. The molecule has 0 saturated carbocycles. The van der Waals surface area contributed by atoms with Gasteiger partial charge in [-0.1, -0.05) is 42.8 Å². The van der Waals surface area contributed by atoms with E-state index in [9.17, 15) is 5.11 Å². The van der Waals surface area contributed by atoms with E-state index in [-0.39, 0.29) is 12.1 Å². The Morgan fingerprint density at radius 1 is 1.10 bits per heavy atom. The Bertz CT molecular complexity index is 622. The number of nitrogens with one attached hydrogen (secondary N) is 1. The van der Waals surface area contributed by atoms with E-state index in [0.717, 1.165) is 24.9 Å². The van der Waals surface area contributed by atoms with Crippen LogP contribution in [0.5, 0.6) is 0 Å². The van der Waals surface area contributed by atoms with Crippen molar-refractivity contribution in [3.8, 4) is 0 Å². The van der Waals surface area contributed by atoms with Crippen LogP contribution >= 0.6 is 0 Å². The maximum absolute atomic E-state index is 10.2. The minimum atomic E-state index is -0.360. The van der Waals surface area contributed by atoms with Gasteiger partial charge in [0, 0.05) is 5.69 Å². The second-order valence-electron chi connectivity index (χ2n) is 6.10. The van der Waals surface area contributed by atoms with Crippen LogP contribution in [0.3, 0.4) is 0 Å². The molecule has 0 fully saturated rings. The number of rotatable bonds is 3. The van der Waals surface area contributed by atoms with E-state index in [1.165, 1.54) is 23.1 Å². The first-order valence-corrected chi connectivity index (χ1v) is 7.78. The highest BCUT2D eigenvalue weighted by atomic mass is 16.3. The summed E-state index contributed by atoms with van der Waals surface area (Å²) in [6.07, 6.45) is 4.39. The average molecular weight is 281 g/mol. The van der Waals surface area contributed by atoms with Gasteiger partial charge in [-0.2, -0.15) is 0 Å². The lowest BCUT2D eigenvalue weighted by Gasteiger charge is -2.35. The van der Waals surface area contributed by atoms with E-state index in [2.05, 4.69) is 60.8 Å². The fourth-order valence-electron chi connectivity index (χ4n) is 3.41. The Balaban J connectivity index is 2.03. The van der Waals surface area contributed by atoms with Crippen LogP contribution in [0, 0.1) is 6.92 Å². The van der Waals surface area contributed by atoms with E-state index in [1.807, 2.05) is 0 Å². The van der Waals surface area contributed by atoms with Gasteiger partial charge < -0.3 is 10.4 Å². The average Bonchev–Trinajstić information content (AvgIpc) is 2.68. The first-order valence-electron chi connectivity index (χ1n) is 7.78. The van der Waals surface area contributed by atoms with Crippen LogP contribution in [0.25, 0.3) is 0 Å². The maximum Gasteiger partial charge on any atom is 0.0859 e. The second-order valence-corrected chi connectivity index (χ2v) is 6.10. The molecule has 0 saturated heterocycles. The summed E-state index contributed by atoms with van der Waals surface area (Å²) in [5, 5.41) is 13.8. The van der Waals surface area contributed by atoms with Crippen molar-refractivity contribution in [1.82, 2.24) is 0 Å². The molecule has 0 aromatic heterocycles. The molecule has 3 rings (SSSR count). The van der Waals surface area contributed by atoms with Crippen molar-refractivity contribution >= 4 is 5.69 Å². The van der Waals surface area contributed by atoms with Gasteiger partial charge in [0.1, 0.15) is 0 Å². The Hall–Kier alpha value is -1.80. The van der Waals surface area contributed by atoms with E-state index < -0.39 is 0 Å². The SMILES string of the molecule is Cc1cccc(NC2(CO)CCCCc3ccccc32)c1. The van der Waals surface area contributed by atoms with E-state index in [4.69, 9.17) is 0 Å². The smallest absolute Gasteiger partial charge is 0.0859 e. The van der Waals surface area contributed by atoms with Crippen molar-refractivity contribution in [3.05, 3.63) is 65.2 Å². The van der Waals surface area contributed by atoms with Crippen molar-refractivity contribution in [3.63, 3.8) is 0 Å². The standard InChI is InChI=1S/C19H23NO/c1-15-7-6-10-17(13-15)20-19(14-21)12-5-4-9-16-8-2-3-11-18(16)19/h2-3,6-8,10-11,13,20-21H,4-5,9,12,14H2,1H3. The first-order chi connectivity index (χ1) is 10.2. The van der Waals surface area contributed by atoms with E-state index >= 15 is 0 Å². The quantitative estimate of drug-likeness (QED) is 0.833. The Labute approximate surface area is 126 Å². The maximum atomic E-state index is 10.2. The topological polar surface area (TPSA) is 32.3 Å². The number of fused-ring (bicyclic) bond motifs is 1. The fraction of sp³-hybridized carbons (Fsp3) is 0.368. The van der Waals surface area contributed by atoms with Gasteiger partial charge in [-0.05, 0) is 55.0 Å². The van der Waals surface area contributed by atoms with Crippen LogP contribution in [-0.4, -0.2) is 11.7 Å². The summed E-state index contributed by atoms with van der Waals surface area (Å²) in [5.74, 6) is 0. The summed E-state index contributed by atoms with van der Waals surface area (Å²) in [6, 6.07) is 16.9. The van der Waals surface area contributed by atoms with Crippen molar-refractivity contribution in [2.24, 2.45) is 0 Å². The van der Waals surface area contributed by atoms with Crippen LogP contribution in [0.4, 0.5) is 5.69 Å². The number of aliphatic hydroxyl groups is 1. The van der Waals surface area contributed by atoms with Crippen LogP contribution in [0.1, 0.15) is 36.0 Å². The van der Waals surface area contributed by atoms with E-state index in [1.54, 1.807) is 0 Å². The molecule has 0 aliphatic heterocycles. The molecular formula is C19H23NO. The summed E-state index contributed by atoms with van der Waals surface area (Å²) in [7, 11) is 0. The van der Waals surface area contributed by atoms with Gasteiger partial charge in [-0.15, -0.1) is 0 Å². The highest BCUT2D eigenvalue weighted by Crippen LogP contribution is 2.37. The van der Waals surface area contributed by atoms with Crippen molar-refractivity contribution < 1.29 is 5.11 Å². The zero-order chi connectivity index (χ0) is 14.7. The number of aliphatic hydroxyl groups excluding tert-OH is 1. The highest BCUT2D eigenvalue weighted by molar-refractivity contribution is 5.51. The summed E-state index contributed by atoms with van der Waals surface area (Å²) in [4.78, 5) is 0. The summed E-state index contributed by atoms with van der Waals surface area (Å²) >= 11 is 0. The molecule has 2 heteroatoms. The Kier molecular flexibility index (Phi) is 3.98. The molecule has 2 aromatic carbocycles. The zero-order valence-corrected chi connectivity index (χ0v) is 12.6. The lowest BCUT2D eigenvalue weighted by Crippen LogP contribution is -2.39. The number of hydrogen-bond acceptors (Lipinski definition) is 2. The predicted octanol–water partition coefficient (Wildman–Crippen LogP) is 4.02. The van der Waals surface area contributed by atoms with Gasteiger partial charge in [0.05, 0.1) is 12.1 Å². The first kappa shape index (κ1) is 14.2. The molecule has 2 aromatic rings. The largest absolute Gasteiger partial charge is 0.394 e. The minimum Gasteiger partial charge on any atom is -0.394 e. The number of aryl methyl sites for hydroxylation is 2. The third-order valence-electron chi connectivity index (χ3n) is 4.50. The summed E-state index contributed by atoms with van der Waals surface area (Å²) in [6.45, 7) is 2.22. The van der Waals surface area contributed by atoms with Gasteiger partial charge in [0.15, 0.2) is 0 Å². The minimum absolute atomic E-state index is 0.123. The van der Waals surface area contributed by atoms with Crippen molar-refractivity contribution in [2.45, 2.75) is 38.1 Å². The lowest BCUT2D eigenvalue weighted by atomic mass is 9.84. The Morgan fingerprint density at radius 2 is 1.95 bits per heavy atom. The predicted molar refractivity (Wildman–Crippen MR) is 87.6 cm³/mol. The fourth-order valence-corrected chi connectivity index (χ4v) is 3.41. The highest BCUT2D eigenvalue weighted by Gasteiger charge is 2.34. The number of hydrogen-bond donors (Lipinski definition) is 2. The molecule has 2 nitrogen and oxygen atoms in total. The third-order valence-corrected chi connectivity index (χ3v) is 4.50. The van der Waals surface area contributed by atoms with Crippen LogP contribution in [0.15, 0.2) is 48.5 Å². The zero-order valence-electron chi connectivity index (χ0n) is 12.6. The van der Waals surface area contributed by atoms with Gasteiger partial charge in [0.25, 0.3) is 0 Å². The summed E-state index contributed by atoms with van der Waals surface area (Å²) < 4.78 is 0. The second kappa shape index (κ2) is 5.90. The molecular weight excluding hydrogens is 258 g/mol. The molecule has 1 aliphatic carbocycles. The van der Waals surface area contributed by atoms with Gasteiger partial charge in [-0.25, -0.2) is 0 Å². The van der Waals surface area contributed by atoms with Gasteiger partial charge >= 0.3 is 0 Å². The molecule has 0 heterocycles. The number of benzene rings is 2. The molecule has 0 radical (unpaired) electrons. The normalized spacial score (nSPS) is 21.4. The molecule has 0 bridgehead atoms. The summed E-state index contributed by atoms with van der Waals surface area (Å²) in [5.41, 5.74) is 4.58. The molecule has 1 aliphatic rings. The third kappa shape index (κ3) is 2.81. The van der Waals surface area contributed by atoms with E-state index in [0.29, 0.717) is 0 Å². The monoisotopic (exact) mass is 281 g/mol. The van der Waals surface area contributed by atoms with Crippen LogP contribution < -0.4 is 5.32 Å². The van der Waals surface area contributed by atoms with Crippen LogP contribution in [-0.2, 0) is 12.0 Å². The molecule has 1 atom stereocenters. The van der Waals surface area contributed by atoms with Crippen molar-refractivity contribution in [2.75, 3.05) is 11.9 Å². The molecule has 0 amide bonds. The molecule has 110 valence electrons. The molecule has 21 heavy (non-hydrogen) atoms. The van der Waals surface area contributed by atoms with Gasteiger partial charge in [-0.3, -0.25) is 0 Å². The number of anilines is 1. The Morgan fingerprint density at radius 3 is 2.76 bits per heavy atom.